The third-order valence-electron chi connectivity index (χ3n) is 2.20. The highest BCUT2D eigenvalue weighted by atomic mass is 19.1. The van der Waals surface area contributed by atoms with E-state index in [1.807, 2.05) is 30.3 Å². The van der Waals surface area contributed by atoms with Crippen molar-refractivity contribution < 1.29 is 9.50 Å². The predicted molar refractivity (Wildman–Crippen MR) is 59.2 cm³/mol. The molecule has 0 spiro atoms. The lowest BCUT2D eigenvalue weighted by Crippen LogP contribution is -1.92. The highest BCUT2D eigenvalue weighted by molar-refractivity contribution is 5.31. The molecule has 16 heavy (non-hydrogen) atoms. The zero-order valence-electron chi connectivity index (χ0n) is 8.49. The van der Waals surface area contributed by atoms with Crippen LogP contribution in [0.3, 0.4) is 0 Å². The van der Waals surface area contributed by atoms with Crippen molar-refractivity contribution in [2.45, 2.75) is 6.17 Å². The fourth-order valence-electron chi connectivity index (χ4n) is 1.39. The number of allylic oxidation sites excluding steroid dienone is 1. The van der Waals surface area contributed by atoms with Gasteiger partial charge in [0, 0.05) is 11.8 Å². The molecule has 1 atom stereocenters. The molecule has 4 heteroatoms. The highest BCUT2D eigenvalue weighted by Gasteiger charge is 2.09. The Morgan fingerprint density at radius 1 is 1.31 bits per heavy atom. The second-order valence-electron chi connectivity index (χ2n) is 3.30. The number of aromatic nitrogens is 2. The first kappa shape index (κ1) is 10.4. The van der Waals surface area contributed by atoms with E-state index in [-0.39, 0.29) is 0 Å². The zero-order chi connectivity index (χ0) is 11.4. The van der Waals surface area contributed by atoms with Gasteiger partial charge in [-0.1, -0.05) is 18.2 Å². The van der Waals surface area contributed by atoms with Crippen molar-refractivity contribution in [1.82, 2.24) is 9.78 Å². The third-order valence-corrected chi connectivity index (χ3v) is 2.20. The van der Waals surface area contributed by atoms with Gasteiger partial charge in [0.05, 0.1) is 18.1 Å². The molecule has 2 rings (SSSR count). The van der Waals surface area contributed by atoms with Crippen molar-refractivity contribution in [3.05, 3.63) is 60.6 Å². The number of benzene rings is 1. The van der Waals surface area contributed by atoms with Gasteiger partial charge in [0.15, 0.2) is 0 Å². The molecular weight excluding hydrogens is 207 g/mol. The van der Waals surface area contributed by atoms with Crippen LogP contribution in [0.5, 0.6) is 0 Å². The largest absolute Gasteiger partial charge is 0.516 e. The van der Waals surface area contributed by atoms with Crippen molar-refractivity contribution in [1.29, 1.82) is 0 Å². The molecule has 1 heterocycles. The Bertz CT molecular complexity index is 479. The second kappa shape index (κ2) is 4.61. The minimum Gasteiger partial charge on any atom is -0.516 e. The van der Waals surface area contributed by atoms with Gasteiger partial charge in [0.1, 0.15) is 6.17 Å². The number of aliphatic hydroxyl groups excluding tert-OH is 1. The van der Waals surface area contributed by atoms with Gasteiger partial charge >= 0.3 is 0 Å². The summed E-state index contributed by atoms with van der Waals surface area (Å²) in [7, 11) is 0. The maximum absolute atomic E-state index is 13.4. The maximum Gasteiger partial charge on any atom is 0.150 e. The van der Waals surface area contributed by atoms with Gasteiger partial charge in [-0.05, 0) is 18.2 Å². The number of nitrogens with zero attached hydrogens (tertiary/aromatic N) is 2. The van der Waals surface area contributed by atoms with Crippen LogP contribution in [0.4, 0.5) is 4.39 Å². The fourth-order valence-corrected chi connectivity index (χ4v) is 1.39. The highest BCUT2D eigenvalue weighted by Crippen LogP contribution is 2.19. The molecule has 1 unspecified atom stereocenters. The average Bonchev–Trinajstić information content (AvgIpc) is 2.80. The first-order chi connectivity index (χ1) is 7.81. The van der Waals surface area contributed by atoms with Crippen molar-refractivity contribution in [2.24, 2.45) is 0 Å². The summed E-state index contributed by atoms with van der Waals surface area (Å²) in [6.07, 6.45) is 3.47. The van der Waals surface area contributed by atoms with Gasteiger partial charge in [-0.3, -0.25) is 0 Å². The summed E-state index contributed by atoms with van der Waals surface area (Å²) in [5.74, 6) is 0. The third kappa shape index (κ3) is 2.11. The molecule has 82 valence electrons. The summed E-state index contributed by atoms with van der Waals surface area (Å²) < 4.78 is 15.0. The van der Waals surface area contributed by atoms with Crippen LogP contribution in [0.2, 0.25) is 0 Å². The molecule has 2 aromatic rings. The van der Waals surface area contributed by atoms with Crippen LogP contribution < -0.4 is 0 Å². The van der Waals surface area contributed by atoms with E-state index in [2.05, 4.69) is 5.10 Å². The van der Waals surface area contributed by atoms with Crippen molar-refractivity contribution in [3.8, 4) is 5.69 Å². The first-order valence-electron chi connectivity index (χ1n) is 4.86. The number of para-hydroxylation sites is 1. The fraction of sp³-hybridized carbons (Fsp3) is 0.0833. The molecule has 0 fully saturated rings. The average molecular weight is 218 g/mol. The molecule has 0 aliphatic rings. The van der Waals surface area contributed by atoms with Crippen LogP contribution in [0.15, 0.2) is 55.1 Å². The summed E-state index contributed by atoms with van der Waals surface area (Å²) in [6.45, 7) is 0. The van der Waals surface area contributed by atoms with E-state index in [4.69, 9.17) is 5.11 Å². The smallest absolute Gasteiger partial charge is 0.150 e. The lowest BCUT2D eigenvalue weighted by Gasteiger charge is -1.99. The van der Waals surface area contributed by atoms with E-state index < -0.39 is 6.17 Å². The van der Waals surface area contributed by atoms with E-state index in [0.29, 0.717) is 11.8 Å². The van der Waals surface area contributed by atoms with Gasteiger partial charge in [0.2, 0.25) is 0 Å². The second-order valence-corrected chi connectivity index (χ2v) is 3.30. The lowest BCUT2D eigenvalue weighted by atomic mass is 10.2. The molecule has 1 aromatic heterocycles. The van der Waals surface area contributed by atoms with E-state index in [1.54, 1.807) is 10.9 Å². The van der Waals surface area contributed by atoms with Crippen LogP contribution in [-0.2, 0) is 0 Å². The zero-order valence-corrected chi connectivity index (χ0v) is 8.49. The number of alkyl halides is 1. The predicted octanol–water partition coefficient (Wildman–Crippen LogP) is 2.95. The van der Waals surface area contributed by atoms with Gasteiger partial charge in [-0.2, -0.15) is 5.10 Å². The Morgan fingerprint density at radius 3 is 2.75 bits per heavy atom. The van der Waals surface area contributed by atoms with Gasteiger partial charge in [-0.25, -0.2) is 9.07 Å². The molecule has 0 aliphatic carbocycles. The van der Waals surface area contributed by atoms with Crippen LogP contribution in [0.25, 0.3) is 5.69 Å². The molecule has 1 aromatic carbocycles. The minimum atomic E-state index is -1.33. The molecule has 0 saturated carbocycles. The summed E-state index contributed by atoms with van der Waals surface area (Å²) >= 11 is 0. The Labute approximate surface area is 92.5 Å². The Balaban J connectivity index is 2.26. The van der Waals surface area contributed by atoms with E-state index in [1.165, 1.54) is 6.20 Å². The van der Waals surface area contributed by atoms with Crippen LogP contribution in [0, 0.1) is 0 Å². The maximum atomic E-state index is 13.4. The van der Waals surface area contributed by atoms with Crippen LogP contribution in [-0.4, -0.2) is 14.9 Å². The van der Waals surface area contributed by atoms with Crippen LogP contribution in [0.1, 0.15) is 11.7 Å². The number of aliphatic hydroxyl groups is 1. The minimum absolute atomic E-state index is 0.411. The first-order valence-corrected chi connectivity index (χ1v) is 4.86. The number of halogens is 1. The van der Waals surface area contributed by atoms with Gasteiger partial charge in [-0.15, -0.1) is 0 Å². The number of rotatable bonds is 3. The van der Waals surface area contributed by atoms with Gasteiger partial charge in [0.25, 0.3) is 0 Å². The number of hydrogen-bond donors (Lipinski definition) is 1. The summed E-state index contributed by atoms with van der Waals surface area (Å²) in [5, 5.41) is 12.5. The molecule has 0 bridgehead atoms. The van der Waals surface area contributed by atoms with E-state index >= 15 is 0 Å². The molecule has 0 radical (unpaired) electrons. The Kier molecular flexibility index (Phi) is 3.00. The van der Waals surface area contributed by atoms with Crippen molar-refractivity contribution in [3.63, 3.8) is 0 Å². The lowest BCUT2D eigenvalue weighted by molar-refractivity contribution is 0.396. The van der Waals surface area contributed by atoms with Crippen molar-refractivity contribution >= 4 is 0 Å². The topological polar surface area (TPSA) is 38.1 Å². The number of hydrogen-bond acceptors (Lipinski definition) is 2. The summed E-state index contributed by atoms with van der Waals surface area (Å²) in [4.78, 5) is 0. The molecule has 0 aliphatic heterocycles. The molecule has 3 nitrogen and oxygen atoms in total. The normalized spacial score (nSPS) is 13.1. The van der Waals surface area contributed by atoms with E-state index in [9.17, 15) is 4.39 Å². The molecule has 0 amide bonds. The molecular formula is C12H11FN2O. The summed E-state index contributed by atoms with van der Waals surface area (Å²) in [5.41, 5.74) is 1.28. The Morgan fingerprint density at radius 2 is 2.06 bits per heavy atom. The van der Waals surface area contributed by atoms with Crippen molar-refractivity contribution in [2.75, 3.05) is 0 Å². The molecule has 0 saturated heterocycles. The van der Waals surface area contributed by atoms with E-state index in [0.717, 1.165) is 11.8 Å². The Hall–Kier alpha value is -2.10. The SMILES string of the molecule is O/C=C\C(F)c1cnn(-c2ccccc2)c1. The monoisotopic (exact) mass is 218 g/mol. The standard InChI is InChI=1S/C12H11FN2O/c13-12(6-7-16)10-8-14-15(9-10)11-4-2-1-3-5-11/h1-9,12,16H/b7-6-. The van der Waals surface area contributed by atoms with Gasteiger partial charge < -0.3 is 5.11 Å². The molecule has 1 N–H and O–H groups in total. The summed E-state index contributed by atoms with van der Waals surface area (Å²) in [6, 6.07) is 9.44. The van der Waals surface area contributed by atoms with Crippen LogP contribution >= 0.6 is 0 Å². The quantitative estimate of drug-likeness (QED) is 0.804.